The molecule has 3 rings (SSSR count). The third-order valence-electron chi connectivity index (χ3n) is 3.02. The minimum atomic E-state index is 0.0746. The van der Waals surface area contributed by atoms with Crippen molar-refractivity contribution in [3.63, 3.8) is 0 Å². The highest BCUT2D eigenvalue weighted by Gasteiger charge is 2.12. The van der Waals surface area contributed by atoms with Crippen molar-refractivity contribution in [2.24, 2.45) is 5.73 Å². The monoisotopic (exact) mass is 337 g/mol. The van der Waals surface area contributed by atoms with Crippen molar-refractivity contribution in [2.45, 2.75) is 12.5 Å². The second kappa shape index (κ2) is 5.13. The summed E-state index contributed by atoms with van der Waals surface area (Å²) in [6.45, 7) is 0. The van der Waals surface area contributed by atoms with E-state index >= 15 is 0 Å². The SMILES string of the molecule is NC(Cc1csc2ccccc12)c1csc(Br)c1. The maximum Gasteiger partial charge on any atom is 0.0701 e. The topological polar surface area (TPSA) is 26.0 Å². The molecule has 2 heterocycles. The number of nitrogens with two attached hydrogens (primary N) is 1. The Morgan fingerprint density at radius 3 is 2.78 bits per heavy atom. The van der Waals surface area contributed by atoms with Crippen LogP contribution in [0.25, 0.3) is 10.1 Å². The predicted octanol–water partition coefficient (Wildman–Crippen LogP) is 4.97. The zero-order valence-corrected chi connectivity index (χ0v) is 12.8. The molecule has 0 amide bonds. The molecule has 1 nitrogen and oxygen atoms in total. The highest BCUT2D eigenvalue weighted by atomic mass is 79.9. The van der Waals surface area contributed by atoms with Crippen LogP contribution in [0.3, 0.4) is 0 Å². The van der Waals surface area contributed by atoms with Gasteiger partial charge in [-0.15, -0.1) is 22.7 Å². The Morgan fingerprint density at radius 1 is 1.17 bits per heavy atom. The highest BCUT2D eigenvalue weighted by Crippen LogP contribution is 2.30. The number of thiophene rings is 2. The van der Waals surface area contributed by atoms with Gasteiger partial charge in [0.15, 0.2) is 0 Å². The summed E-state index contributed by atoms with van der Waals surface area (Å²) in [7, 11) is 0. The molecule has 1 unspecified atom stereocenters. The lowest BCUT2D eigenvalue weighted by molar-refractivity contribution is 0.730. The van der Waals surface area contributed by atoms with E-state index < -0.39 is 0 Å². The molecule has 0 saturated carbocycles. The summed E-state index contributed by atoms with van der Waals surface area (Å²) < 4.78 is 2.48. The van der Waals surface area contributed by atoms with Gasteiger partial charge in [0.25, 0.3) is 0 Å². The first-order valence-electron chi connectivity index (χ1n) is 5.68. The lowest BCUT2D eigenvalue weighted by Crippen LogP contribution is -2.12. The van der Waals surface area contributed by atoms with Crippen molar-refractivity contribution in [2.75, 3.05) is 0 Å². The molecule has 0 aliphatic heterocycles. The summed E-state index contributed by atoms with van der Waals surface area (Å²) in [5.41, 5.74) is 8.84. The van der Waals surface area contributed by atoms with E-state index in [4.69, 9.17) is 5.73 Å². The van der Waals surface area contributed by atoms with Gasteiger partial charge in [0, 0.05) is 10.7 Å². The Labute approximate surface area is 122 Å². The first kappa shape index (κ1) is 12.4. The van der Waals surface area contributed by atoms with Gasteiger partial charge in [-0.2, -0.15) is 0 Å². The number of hydrogen-bond donors (Lipinski definition) is 1. The number of rotatable bonds is 3. The number of benzene rings is 1. The fourth-order valence-electron chi connectivity index (χ4n) is 2.06. The van der Waals surface area contributed by atoms with Crippen LogP contribution < -0.4 is 5.73 Å². The lowest BCUT2D eigenvalue weighted by atomic mass is 10.0. The van der Waals surface area contributed by atoms with E-state index in [-0.39, 0.29) is 6.04 Å². The normalized spacial score (nSPS) is 13.0. The van der Waals surface area contributed by atoms with Gasteiger partial charge in [-0.25, -0.2) is 0 Å². The van der Waals surface area contributed by atoms with Crippen molar-refractivity contribution in [3.05, 3.63) is 56.0 Å². The van der Waals surface area contributed by atoms with Gasteiger partial charge in [0.1, 0.15) is 0 Å². The highest BCUT2D eigenvalue weighted by molar-refractivity contribution is 9.11. The van der Waals surface area contributed by atoms with Gasteiger partial charge in [-0.1, -0.05) is 18.2 Å². The van der Waals surface area contributed by atoms with E-state index in [1.54, 1.807) is 22.7 Å². The summed E-state index contributed by atoms with van der Waals surface area (Å²) in [6, 6.07) is 10.7. The van der Waals surface area contributed by atoms with Gasteiger partial charge in [0.05, 0.1) is 3.79 Å². The minimum absolute atomic E-state index is 0.0746. The van der Waals surface area contributed by atoms with E-state index in [9.17, 15) is 0 Å². The fourth-order valence-corrected chi connectivity index (χ4v) is 4.28. The molecule has 1 aromatic carbocycles. The molecule has 0 aliphatic rings. The summed E-state index contributed by atoms with van der Waals surface area (Å²) >= 11 is 6.97. The van der Waals surface area contributed by atoms with E-state index in [1.807, 2.05) is 0 Å². The number of fused-ring (bicyclic) bond motifs is 1. The van der Waals surface area contributed by atoms with Crippen molar-refractivity contribution < 1.29 is 0 Å². The van der Waals surface area contributed by atoms with Gasteiger partial charge in [0.2, 0.25) is 0 Å². The molecule has 3 aromatic rings. The minimum Gasteiger partial charge on any atom is -0.324 e. The second-order valence-corrected chi connectivity index (χ2v) is 7.45. The van der Waals surface area contributed by atoms with E-state index in [0.29, 0.717) is 0 Å². The van der Waals surface area contributed by atoms with Gasteiger partial charge < -0.3 is 5.73 Å². The van der Waals surface area contributed by atoms with Crippen LogP contribution in [0.5, 0.6) is 0 Å². The van der Waals surface area contributed by atoms with Crippen molar-refractivity contribution in [1.29, 1.82) is 0 Å². The molecule has 0 bridgehead atoms. The molecule has 0 fully saturated rings. The Bertz CT molecular complexity index is 671. The average Bonchev–Trinajstić information content (AvgIpc) is 2.97. The van der Waals surface area contributed by atoms with Crippen LogP contribution in [0, 0.1) is 0 Å². The van der Waals surface area contributed by atoms with E-state index in [1.165, 1.54) is 21.2 Å². The third kappa shape index (κ3) is 2.38. The molecule has 18 heavy (non-hydrogen) atoms. The second-order valence-electron chi connectivity index (χ2n) is 4.25. The van der Waals surface area contributed by atoms with Crippen molar-refractivity contribution in [3.8, 4) is 0 Å². The molecule has 2 N–H and O–H groups in total. The first-order chi connectivity index (χ1) is 8.74. The fraction of sp³-hybridized carbons (Fsp3) is 0.143. The maximum absolute atomic E-state index is 6.28. The molecule has 92 valence electrons. The van der Waals surface area contributed by atoms with Crippen molar-refractivity contribution >= 4 is 48.7 Å². The number of halogens is 1. The standard InChI is InChI=1S/C14H12BrNS2/c15-14-6-10(8-18-14)12(16)5-9-7-17-13-4-2-1-3-11(9)13/h1-4,6-8,12H,5,16H2. The third-order valence-corrected chi connectivity index (χ3v) is 5.55. The van der Waals surface area contributed by atoms with Crippen LogP contribution in [-0.2, 0) is 6.42 Å². The first-order valence-corrected chi connectivity index (χ1v) is 8.24. The summed E-state index contributed by atoms with van der Waals surface area (Å²) in [6.07, 6.45) is 0.896. The maximum atomic E-state index is 6.28. The van der Waals surface area contributed by atoms with Gasteiger partial charge in [-0.05, 0) is 61.8 Å². The molecule has 1 atom stereocenters. The molecular weight excluding hydrogens is 326 g/mol. The molecule has 0 aliphatic carbocycles. The van der Waals surface area contributed by atoms with Crippen LogP contribution >= 0.6 is 38.6 Å². The smallest absolute Gasteiger partial charge is 0.0701 e. The van der Waals surface area contributed by atoms with E-state index in [2.05, 4.69) is 57.0 Å². The molecule has 4 heteroatoms. The van der Waals surface area contributed by atoms with Gasteiger partial charge >= 0.3 is 0 Å². The Morgan fingerprint density at radius 2 is 2.00 bits per heavy atom. The molecule has 0 saturated heterocycles. The Hall–Kier alpha value is -0.680. The Balaban J connectivity index is 1.88. The van der Waals surface area contributed by atoms with Gasteiger partial charge in [-0.3, -0.25) is 0 Å². The average molecular weight is 338 g/mol. The Kier molecular flexibility index (Phi) is 3.52. The van der Waals surface area contributed by atoms with E-state index in [0.717, 1.165) is 10.2 Å². The zero-order chi connectivity index (χ0) is 12.5. The van der Waals surface area contributed by atoms with Crippen molar-refractivity contribution in [1.82, 2.24) is 0 Å². The quantitative estimate of drug-likeness (QED) is 0.717. The van der Waals surface area contributed by atoms with Crippen LogP contribution in [0.1, 0.15) is 17.2 Å². The number of hydrogen-bond acceptors (Lipinski definition) is 3. The molecular formula is C14H12BrNS2. The molecule has 0 radical (unpaired) electrons. The zero-order valence-electron chi connectivity index (χ0n) is 9.60. The van der Waals surface area contributed by atoms with Crippen LogP contribution in [0.2, 0.25) is 0 Å². The molecule has 2 aromatic heterocycles. The summed E-state index contributed by atoms with van der Waals surface area (Å²) in [5.74, 6) is 0. The molecule has 0 spiro atoms. The van der Waals surface area contributed by atoms with Crippen LogP contribution in [0.15, 0.2) is 44.9 Å². The van der Waals surface area contributed by atoms with Crippen LogP contribution in [0.4, 0.5) is 0 Å². The lowest BCUT2D eigenvalue weighted by Gasteiger charge is -2.09. The summed E-state index contributed by atoms with van der Waals surface area (Å²) in [5, 5.41) is 5.70. The largest absolute Gasteiger partial charge is 0.324 e. The predicted molar refractivity (Wildman–Crippen MR) is 84.5 cm³/mol. The summed E-state index contributed by atoms with van der Waals surface area (Å²) in [4.78, 5) is 0. The van der Waals surface area contributed by atoms with Crippen LogP contribution in [-0.4, -0.2) is 0 Å².